The van der Waals surface area contributed by atoms with Crippen molar-refractivity contribution >= 4 is 5.97 Å². The van der Waals surface area contributed by atoms with Gasteiger partial charge in [0.2, 0.25) is 0 Å². The molecule has 1 atom stereocenters. The summed E-state index contributed by atoms with van der Waals surface area (Å²) >= 11 is 0. The Hall–Kier alpha value is -0.650. The Morgan fingerprint density at radius 3 is 2.62 bits per heavy atom. The Balaban J connectivity index is 2.32. The highest BCUT2D eigenvalue weighted by Crippen LogP contribution is 2.06. The second-order valence-corrected chi connectivity index (χ2v) is 4.12. The molecule has 94 valence electrons. The van der Waals surface area contributed by atoms with E-state index in [4.69, 9.17) is 14.2 Å². The number of hydrogen-bond acceptors (Lipinski definition) is 5. The predicted octanol–water partition coefficient (Wildman–Crippen LogP) is 0.331. The third-order valence-electron chi connectivity index (χ3n) is 2.21. The van der Waals surface area contributed by atoms with Gasteiger partial charge in [-0.1, -0.05) is 13.8 Å². The molecule has 16 heavy (non-hydrogen) atoms. The summed E-state index contributed by atoms with van der Waals surface area (Å²) in [6.07, 6.45) is 0.130. The summed E-state index contributed by atoms with van der Waals surface area (Å²) in [7, 11) is 0. The minimum Gasteiger partial charge on any atom is -0.465 e. The predicted molar refractivity (Wildman–Crippen MR) is 59.3 cm³/mol. The monoisotopic (exact) mass is 231 g/mol. The highest BCUT2D eigenvalue weighted by atomic mass is 16.6. The van der Waals surface area contributed by atoms with E-state index < -0.39 is 0 Å². The smallest absolute Gasteiger partial charge is 0.325 e. The van der Waals surface area contributed by atoms with Gasteiger partial charge >= 0.3 is 5.97 Å². The van der Waals surface area contributed by atoms with Gasteiger partial charge in [0.25, 0.3) is 0 Å². The van der Waals surface area contributed by atoms with Crippen molar-refractivity contribution in [1.29, 1.82) is 0 Å². The standard InChI is InChI=1S/C11H21NO4/c1-4-15-11(13)10(12-8(2)3)7-16-9-5-14-6-9/h8-10,12H,4-7H2,1-3H3. The average molecular weight is 231 g/mol. The van der Waals surface area contributed by atoms with Crippen LogP contribution in [0.2, 0.25) is 0 Å². The molecule has 0 bridgehead atoms. The van der Waals surface area contributed by atoms with Gasteiger partial charge in [0.15, 0.2) is 0 Å². The van der Waals surface area contributed by atoms with Crippen LogP contribution in [0, 0.1) is 0 Å². The van der Waals surface area contributed by atoms with Crippen LogP contribution in [-0.4, -0.2) is 50.6 Å². The first-order valence-electron chi connectivity index (χ1n) is 5.75. The lowest BCUT2D eigenvalue weighted by Crippen LogP contribution is -2.47. The van der Waals surface area contributed by atoms with Crippen LogP contribution in [-0.2, 0) is 19.0 Å². The number of carbonyl (C=O) groups is 1. The van der Waals surface area contributed by atoms with Gasteiger partial charge < -0.3 is 19.5 Å². The van der Waals surface area contributed by atoms with E-state index in [9.17, 15) is 4.79 Å². The fourth-order valence-electron chi connectivity index (χ4n) is 1.37. The molecule has 0 aromatic carbocycles. The molecule has 1 fully saturated rings. The number of nitrogens with one attached hydrogen (secondary N) is 1. The lowest BCUT2D eigenvalue weighted by molar-refractivity contribution is -0.156. The molecule has 1 heterocycles. The van der Waals surface area contributed by atoms with Gasteiger partial charge in [-0.25, -0.2) is 0 Å². The molecular formula is C11H21NO4. The lowest BCUT2D eigenvalue weighted by Gasteiger charge is -2.28. The van der Waals surface area contributed by atoms with Crippen molar-refractivity contribution in [1.82, 2.24) is 5.32 Å². The molecule has 0 spiro atoms. The maximum Gasteiger partial charge on any atom is 0.325 e. The highest BCUT2D eigenvalue weighted by molar-refractivity contribution is 5.75. The van der Waals surface area contributed by atoms with Crippen LogP contribution in [0.4, 0.5) is 0 Å². The van der Waals surface area contributed by atoms with Gasteiger partial charge in [-0.2, -0.15) is 0 Å². The van der Waals surface area contributed by atoms with E-state index in [0.717, 1.165) is 0 Å². The molecule has 1 rings (SSSR count). The van der Waals surface area contributed by atoms with E-state index >= 15 is 0 Å². The third-order valence-corrected chi connectivity index (χ3v) is 2.21. The summed E-state index contributed by atoms with van der Waals surface area (Å²) in [5.74, 6) is -0.253. The normalized spacial score (nSPS) is 18.2. The van der Waals surface area contributed by atoms with E-state index in [2.05, 4.69) is 5.32 Å². The highest BCUT2D eigenvalue weighted by Gasteiger charge is 2.25. The maximum absolute atomic E-state index is 11.6. The van der Waals surface area contributed by atoms with Crippen LogP contribution >= 0.6 is 0 Å². The first-order chi connectivity index (χ1) is 7.63. The minimum atomic E-state index is -0.388. The molecule has 5 heteroatoms. The topological polar surface area (TPSA) is 56.8 Å². The molecule has 1 N–H and O–H groups in total. The molecule has 1 aliphatic rings. The van der Waals surface area contributed by atoms with E-state index in [1.807, 2.05) is 13.8 Å². The van der Waals surface area contributed by atoms with Crippen LogP contribution in [0.1, 0.15) is 20.8 Å². The van der Waals surface area contributed by atoms with Crippen molar-refractivity contribution in [3.05, 3.63) is 0 Å². The Kier molecular flexibility index (Phi) is 5.73. The molecule has 5 nitrogen and oxygen atoms in total. The van der Waals surface area contributed by atoms with Gasteiger partial charge in [-0.05, 0) is 6.92 Å². The number of carbonyl (C=O) groups excluding carboxylic acids is 1. The van der Waals surface area contributed by atoms with Crippen molar-refractivity contribution in [3.8, 4) is 0 Å². The second kappa shape index (κ2) is 6.83. The van der Waals surface area contributed by atoms with Gasteiger partial charge in [0.1, 0.15) is 12.1 Å². The summed E-state index contributed by atoms with van der Waals surface area (Å²) in [6.45, 7) is 7.74. The summed E-state index contributed by atoms with van der Waals surface area (Å²) in [5.41, 5.74) is 0. The largest absolute Gasteiger partial charge is 0.465 e. The lowest BCUT2D eigenvalue weighted by atomic mass is 10.2. The summed E-state index contributed by atoms with van der Waals surface area (Å²) in [5, 5.41) is 3.13. The summed E-state index contributed by atoms with van der Waals surface area (Å²) in [4.78, 5) is 11.6. The SMILES string of the molecule is CCOC(=O)C(COC1COC1)NC(C)C. The van der Waals surface area contributed by atoms with Crippen LogP contribution < -0.4 is 5.32 Å². The van der Waals surface area contributed by atoms with Crippen LogP contribution in [0.5, 0.6) is 0 Å². The van der Waals surface area contributed by atoms with E-state index in [1.165, 1.54) is 0 Å². The van der Waals surface area contributed by atoms with Gasteiger partial charge in [0, 0.05) is 6.04 Å². The molecule has 1 saturated heterocycles. The summed E-state index contributed by atoms with van der Waals surface area (Å²) < 4.78 is 15.5. The molecule has 0 aromatic rings. The molecule has 0 aromatic heterocycles. The quantitative estimate of drug-likeness (QED) is 0.640. The number of hydrogen-bond donors (Lipinski definition) is 1. The fourth-order valence-corrected chi connectivity index (χ4v) is 1.37. The Labute approximate surface area is 96.4 Å². The first-order valence-corrected chi connectivity index (χ1v) is 5.75. The zero-order valence-corrected chi connectivity index (χ0v) is 10.2. The molecule has 1 aliphatic heterocycles. The second-order valence-electron chi connectivity index (χ2n) is 4.12. The van der Waals surface area contributed by atoms with E-state index in [-0.39, 0.29) is 24.2 Å². The molecule has 1 unspecified atom stereocenters. The van der Waals surface area contributed by atoms with Crippen molar-refractivity contribution in [2.75, 3.05) is 26.4 Å². The van der Waals surface area contributed by atoms with Gasteiger partial charge in [-0.3, -0.25) is 4.79 Å². The minimum absolute atomic E-state index is 0.130. The van der Waals surface area contributed by atoms with E-state index in [0.29, 0.717) is 26.4 Å². The van der Waals surface area contributed by atoms with Crippen LogP contribution in [0.15, 0.2) is 0 Å². The average Bonchev–Trinajstić information content (AvgIpc) is 2.13. The third kappa shape index (κ3) is 4.47. The zero-order chi connectivity index (χ0) is 12.0. The number of rotatable bonds is 7. The number of esters is 1. The Bertz CT molecular complexity index is 216. The fraction of sp³-hybridized carbons (Fsp3) is 0.909. The molecule has 0 radical (unpaired) electrons. The van der Waals surface area contributed by atoms with Crippen molar-refractivity contribution < 1.29 is 19.0 Å². The summed E-state index contributed by atoms with van der Waals surface area (Å²) in [6, 6.07) is -0.170. The zero-order valence-electron chi connectivity index (χ0n) is 10.2. The molecule has 0 saturated carbocycles. The first kappa shape index (κ1) is 13.4. The van der Waals surface area contributed by atoms with Crippen molar-refractivity contribution in [2.24, 2.45) is 0 Å². The molecular weight excluding hydrogens is 210 g/mol. The van der Waals surface area contributed by atoms with Crippen molar-refractivity contribution in [2.45, 2.75) is 39.0 Å². The Morgan fingerprint density at radius 2 is 2.19 bits per heavy atom. The van der Waals surface area contributed by atoms with Gasteiger partial charge in [-0.15, -0.1) is 0 Å². The Morgan fingerprint density at radius 1 is 1.50 bits per heavy atom. The van der Waals surface area contributed by atoms with Crippen LogP contribution in [0.3, 0.4) is 0 Å². The maximum atomic E-state index is 11.6. The molecule has 0 aliphatic carbocycles. The van der Waals surface area contributed by atoms with Gasteiger partial charge in [0.05, 0.1) is 26.4 Å². The number of ether oxygens (including phenoxy) is 3. The molecule has 0 amide bonds. The van der Waals surface area contributed by atoms with Crippen LogP contribution in [0.25, 0.3) is 0 Å². The van der Waals surface area contributed by atoms with E-state index in [1.54, 1.807) is 6.92 Å². The van der Waals surface area contributed by atoms with Crippen molar-refractivity contribution in [3.63, 3.8) is 0 Å².